The highest BCUT2D eigenvalue weighted by molar-refractivity contribution is 6.42. The molecule has 0 spiro atoms. The van der Waals surface area contributed by atoms with Crippen molar-refractivity contribution in [2.75, 3.05) is 4.90 Å². The Morgan fingerprint density at radius 1 is 0.900 bits per heavy atom. The normalized spacial score (nSPS) is 14.9. The highest BCUT2D eigenvalue weighted by Crippen LogP contribution is 2.37. The number of carbonyl (C=O) groups is 1. The lowest BCUT2D eigenvalue weighted by Crippen LogP contribution is -2.24. The van der Waals surface area contributed by atoms with E-state index in [1.807, 2.05) is 30.3 Å². The number of carbonyl (C=O) groups excluding carboxylic acids is 1. The van der Waals surface area contributed by atoms with E-state index in [1.54, 1.807) is 47.4 Å². The molecule has 1 aliphatic heterocycles. The number of non-ortho nitro benzene ring substituents is 1. The van der Waals surface area contributed by atoms with Crippen molar-refractivity contribution in [2.24, 2.45) is 0 Å². The van der Waals surface area contributed by atoms with Gasteiger partial charge in [-0.3, -0.25) is 19.8 Å². The molecule has 0 saturated carbocycles. The molecule has 1 amide bonds. The first-order valence-electron chi connectivity index (χ1n) is 8.97. The summed E-state index contributed by atoms with van der Waals surface area (Å²) in [6, 6.07) is 20.6. The zero-order valence-electron chi connectivity index (χ0n) is 15.5. The third-order valence-corrected chi connectivity index (χ3v) is 5.38. The standard InChI is InChI=1S/C23H14Cl2N2O3/c24-20-11-10-19(14-21(20)25)26-22(16-4-2-1-3-5-16)13-17(23(26)28)12-15-6-8-18(9-7-15)27(29)30/h1-14H/b17-12+. The summed E-state index contributed by atoms with van der Waals surface area (Å²) in [7, 11) is 0. The van der Waals surface area contributed by atoms with Gasteiger partial charge in [-0.05, 0) is 53.6 Å². The zero-order chi connectivity index (χ0) is 21.3. The number of amides is 1. The van der Waals surface area contributed by atoms with Crippen LogP contribution in [0.25, 0.3) is 11.8 Å². The van der Waals surface area contributed by atoms with Gasteiger partial charge in [-0.15, -0.1) is 0 Å². The summed E-state index contributed by atoms with van der Waals surface area (Å²) in [6.45, 7) is 0. The summed E-state index contributed by atoms with van der Waals surface area (Å²) in [5, 5.41) is 11.6. The SMILES string of the molecule is O=C1/C(=C/c2ccc([N+](=O)[O-])cc2)C=C(c2ccccc2)N1c1ccc(Cl)c(Cl)c1. The molecular formula is C23H14Cl2N2O3. The Balaban J connectivity index is 1.79. The zero-order valence-corrected chi connectivity index (χ0v) is 17.0. The fourth-order valence-corrected chi connectivity index (χ4v) is 3.48. The Hall–Kier alpha value is -3.41. The first-order chi connectivity index (χ1) is 14.4. The molecule has 3 aromatic carbocycles. The van der Waals surface area contributed by atoms with Crippen LogP contribution in [0.3, 0.4) is 0 Å². The fraction of sp³-hybridized carbons (Fsp3) is 0. The number of hydrogen-bond donors (Lipinski definition) is 0. The van der Waals surface area contributed by atoms with Crippen molar-refractivity contribution in [1.29, 1.82) is 0 Å². The molecule has 3 aromatic rings. The Kier molecular flexibility index (Phi) is 5.40. The highest BCUT2D eigenvalue weighted by atomic mass is 35.5. The van der Waals surface area contributed by atoms with Crippen LogP contribution in [0.15, 0.2) is 84.4 Å². The molecule has 0 aromatic heterocycles. The Labute approximate surface area is 182 Å². The maximum atomic E-state index is 13.3. The Bertz CT molecular complexity index is 1200. The third-order valence-electron chi connectivity index (χ3n) is 4.64. The van der Waals surface area contributed by atoms with Gasteiger partial charge >= 0.3 is 0 Å². The van der Waals surface area contributed by atoms with Gasteiger partial charge in [-0.2, -0.15) is 0 Å². The Morgan fingerprint density at radius 3 is 2.23 bits per heavy atom. The van der Waals surface area contributed by atoms with E-state index >= 15 is 0 Å². The second-order valence-electron chi connectivity index (χ2n) is 6.58. The van der Waals surface area contributed by atoms with Gasteiger partial charge in [-0.1, -0.05) is 53.5 Å². The molecule has 30 heavy (non-hydrogen) atoms. The van der Waals surface area contributed by atoms with Crippen LogP contribution < -0.4 is 4.90 Å². The lowest BCUT2D eigenvalue weighted by molar-refractivity contribution is -0.384. The molecule has 1 aliphatic rings. The molecule has 0 fully saturated rings. The number of nitro groups is 1. The average Bonchev–Trinajstić information content (AvgIpc) is 3.07. The van der Waals surface area contributed by atoms with Crippen molar-refractivity contribution >= 4 is 52.3 Å². The molecule has 5 nitrogen and oxygen atoms in total. The first-order valence-corrected chi connectivity index (χ1v) is 9.72. The predicted octanol–water partition coefficient (Wildman–Crippen LogP) is 6.37. The second kappa shape index (κ2) is 8.14. The smallest absolute Gasteiger partial charge is 0.269 e. The van der Waals surface area contributed by atoms with Crippen molar-refractivity contribution in [2.45, 2.75) is 0 Å². The van der Waals surface area contributed by atoms with Crippen molar-refractivity contribution in [1.82, 2.24) is 0 Å². The summed E-state index contributed by atoms with van der Waals surface area (Å²) in [6.07, 6.45) is 3.49. The summed E-state index contributed by atoms with van der Waals surface area (Å²) >= 11 is 12.2. The molecule has 1 heterocycles. The minimum Gasteiger partial charge on any atom is -0.276 e. The summed E-state index contributed by atoms with van der Waals surface area (Å²) in [4.78, 5) is 25.3. The van der Waals surface area contributed by atoms with Gasteiger partial charge in [-0.25, -0.2) is 0 Å². The lowest BCUT2D eigenvalue weighted by atomic mass is 10.1. The van der Waals surface area contributed by atoms with E-state index in [9.17, 15) is 14.9 Å². The first kappa shape index (κ1) is 19.9. The number of nitrogens with zero attached hydrogens (tertiary/aromatic N) is 2. The highest BCUT2D eigenvalue weighted by Gasteiger charge is 2.30. The number of hydrogen-bond acceptors (Lipinski definition) is 3. The van der Waals surface area contributed by atoms with E-state index in [-0.39, 0.29) is 11.6 Å². The van der Waals surface area contributed by atoms with Crippen LogP contribution in [0, 0.1) is 10.1 Å². The fourth-order valence-electron chi connectivity index (χ4n) is 3.19. The number of nitro benzene ring substituents is 1. The molecule has 0 radical (unpaired) electrons. The van der Waals surface area contributed by atoms with Crippen LogP contribution in [0.4, 0.5) is 11.4 Å². The Morgan fingerprint density at radius 2 is 1.60 bits per heavy atom. The predicted molar refractivity (Wildman–Crippen MR) is 119 cm³/mol. The number of rotatable bonds is 4. The van der Waals surface area contributed by atoms with Crippen LogP contribution in [0.1, 0.15) is 11.1 Å². The van der Waals surface area contributed by atoms with Gasteiger partial charge in [0, 0.05) is 17.7 Å². The molecule has 148 valence electrons. The summed E-state index contributed by atoms with van der Waals surface area (Å²) in [5.74, 6) is -0.231. The maximum absolute atomic E-state index is 13.3. The monoisotopic (exact) mass is 436 g/mol. The van der Waals surface area contributed by atoms with Crippen LogP contribution >= 0.6 is 23.2 Å². The van der Waals surface area contributed by atoms with Crippen LogP contribution in [-0.4, -0.2) is 10.8 Å². The summed E-state index contributed by atoms with van der Waals surface area (Å²) < 4.78 is 0. The molecule has 0 aliphatic carbocycles. The van der Waals surface area contributed by atoms with Gasteiger partial charge in [0.2, 0.25) is 0 Å². The third kappa shape index (κ3) is 3.85. The van der Waals surface area contributed by atoms with Gasteiger partial charge in [0.05, 0.1) is 26.4 Å². The molecule has 0 atom stereocenters. The second-order valence-corrected chi connectivity index (χ2v) is 7.40. The molecule has 4 rings (SSSR count). The van der Waals surface area contributed by atoms with Gasteiger partial charge in [0.25, 0.3) is 11.6 Å². The minimum absolute atomic E-state index is 0.00662. The lowest BCUT2D eigenvalue weighted by Gasteiger charge is -2.21. The topological polar surface area (TPSA) is 63.4 Å². The maximum Gasteiger partial charge on any atom is 0.269 e. The largest absolute Gasteiger partial charge is 0.276 e. The van der Waals surface area contributed by atoms with E-state index in [4.69, 9.17) is 23.2 Å². The van der Waals surface area contributed by atoms with E-state index in [1.165, 1.54) is 12.1 Å². The molecule has 0 saturated heterocycles. The molecule has 0 bridgehead atoms. The number of halogens is 2. The number of anilines is 1. The number of benzene rings is 3. The van der Waals surface area contributed by atoms with Gasteiger partial charge in [0.15, 0.2) is 0 Å². The molecule has 7 heteroatoms. The average molecular weight is 437 g/mol. The van der Waals surface area contributed by atoms with Crippen molar-refractivity contribution < 1.29 is 9.72 Å². The van der Waals surface area contributed by atoms with Gasteiger partial charge in [0.1, 0.15) is 0 Å². The van der Waals surface area contributed by atoms with Crippen molar-refractivity contribution in [3.63, 3.8) is 0 Å². The van der Waals surface area contributed by atoms with E-state index in [0.29, 0.717) is 32.6 Å². The van der Waals surface area contributed by atoms with Crippen LogP contribution in [-0.2, 0) is 4.79 Å². The van der Waals surface area contributed by atoms with Crippen molar-refractivity contribution in [3.8, 4) is 0 Å². The molecule has 0 unspecified atom stereocenters. The van der Waals surface area contributed by atoms with Crippen LogP contribution in [0.2, 0.25) is 10.0 Å². The van der Waals surface area contributed by atoms with Crippen molar-refractivity contribution in [3.05, 3.63) is 116 Å². The van der Waals surface area contributed by atoms with Gasteiger partial charge < -0.3 is 0 Å². The molecular weight excluding hydrogens is 423 g/mol. The molecule has 0 N–H and O–H groups in total. The minimum atomic E-state index is -0.461. The summed E-state index contributed by atoms with van der Waals surface area (Å²) in [5.41, 5.74) is 3.29. The van der Waals surface area contributed by atoms with E-state index in [0.717, 1.165) is 5.56 Å². The van der Waals surface area contributed by atoms with E-state index in [2.05, 4.69) is 0 Å². The quantitative estimate of drug-likeness (QED) is 0.271. The van der Waals surface area contributed by atoms with Crippen LogP contribution in [0.5, 0.6) is 0 Å². The van der Waals surface area contributed by atoms with E-state index < -0.39 is 4.92 Å².